The van der Waals surface area contributed by atoms with Gasteiger partial charge in [-0.2, -0.15) is 18.3 Å². The maximum absolute atomic E-state index is 13.8. The number of thiazole rings is 1. The second-order valence-corrected chi connectivity index (χ2v) is 7.60. The van der Waals surface area contributed by atoms with Crippen molar-refractivity contribution in [2.45, 2.75) is 13.1 Å². The minimum absolute atomic E-state index is 0.128. The highest BCUT2D eigenvalue weighted by atomic mass is 32.1. The molecule has 0 atom stereocenters. The Hall–Kier alpha value is -3.80. The van der Waals surface area contributed by atoms with Crippen LogP contribution in [0.15, 0.2) is 48.0 Å². The van der Waals surface area contributed by atoms with Gasteiger partial charge in [-0.15, -0.1) is 21.5 Å². The van der Waals surface area contributed by atoms with Crippen LogP contribution < -0.4 is 10.1 Å². The van der Waals surface area contributed by atoms with E-state index in [9.17, 15) is 18.0 Å². The molecule has 0 saturated heterocycles. The Labute approximate surface area is 183 Å². The smallest absolute Gasteiger partial charge is 0.434 e. The Kier molecular flexibility index (Phi) is 5.61. The number of alkyl halides is 3. The molecular formula is C20H15F3N6O2S. The molecule has 32 heavy (non-hydrogen) atoms. The van der Waals surface area contributed by atoms with Crippen molar-refractivity contribution < 1.29 is 22.7 Å². The molecular weight excluding hydrogens is 445 g/mol. The molecule has 0 aliphatic heterocycles. The summed E-state index contributed by atoms with van der Waals surface area (Å²) in [5, 5.41) is 16.3. The maximum atomic E-state index is 13.8. The van der Waals surface area contributed by atoms with Crippen LogP contribution in [0, 0.1) is 6.92 Å². The average Bonchev–Trinajstić information content (AvgIpc) is 3.41. The molecule has 0 fully saturated rings. The number of halogens is 3. The van der Waals surface area contributed by atoms with Gasteiger partial charge >= 0.3 is 6.18 Å². The third-order valence-electron chi connectivity index (χ3n) is 4.39. The molecule has 1 N–H and O–H groups in total. The van der Waals surface area contributed by atoms with Crippen LogP contribution in [-0.2, 0) is 6.18 Å². The number of anilines is 1. The number of methoxy groups -OCH3 is 1. The standard InChI is InChI=1S/C20H15F3N6O2S/c1-11-25-15(10-32-11)12-3-5-13(6-4-12)26-19(30)14-9-24-29(18(14)20(21,22)23)16-7-8-17(31-2)28-27-16/h3-10H,1-2H3,(H,26,30). The van der Waals surface area contributed by atoms with Crippen LogP contribution in [0.1, 0.15) is 21.1 Å². The van der Waals surface area contributed by atoms with E-state index in [0.29, 0.717) is 10.4 Å². The second-order valence-electron chi connectivity index (χ2n) is 6.53. The summed E-state index contributed by atoms with van der Waals surface area (Å²) in [5.74, 6) is -1.04. The molecule has 3 heterocycles. The van der Waals surface area contributed by atoms with Crippen LogP contribution in [0.3, 0.4) is 0 Å². The zero-order valence-electron chi connectivity index (χ0n) is 16.7. The number of aromatic nitrogens is 5. The SMILES string of the molecule is COc1ccc(-n2ncc(C(=O)Nc3ccc(-c4csc(C)n4)cc3)c2C(F)(F)F)nn1. The molecule has 0 aliphatic rings. The largest absolute Gasteiger partial charge is 0.480 e. The van der Waals surface area contributed by atoms with E-state index in [0.717, 1.165) is 22.5 Å². The molecule has 0 bridgehead atoms. The first-order valence-electron chi connectivity index (χ1n) is 9.13. The molecule has 164 valence electrons. The van der Waals surface area contributed by atoms with E-state index in [2.05, 4.69) is 25.6 Å². The second kappa shape index (κ2) is 8.38. The zero-order chi connectivity index (χ0) is 22.9. The first kappa shape index (κ1) is 21.4. The Bertz CT molecular complexity index is 1250. The van der Waals surface area contributed by atoms with E-state index >= 15 is 0 Å². The number of ether oxygens (including phenoxy) is 1. The normalized spacial score (nSPS) is 11.4. The molecule has 0 saturated carbocycles. The summed E-state index contributed by atoms with van der Waals surface area (Å²) in [4.78, 5) is 17.0. The molecule has 0 unspecified atom stereocenters. The number of carbonyl (C=O) groups is 1. The lowest BCUT2D eigenvalue weighted by atomic mass is 10.1. The van der Waals surface area contributed by atoms with Crippen molar-refractivity contribution in [2.75, 3.05) is 12.4 Å². The highest BCUT2D eigenvalue weighted by Crippen LogP contribution is 2.34. The van der Waals surface area contributed by atoms with Crippen LogP contribution in [0.4, 0.5) is 18.9 Å². The zero-order valence-corrected chi connectivity index (χ0v) is 17.5. The van der Waals surface area contributed by atoms with Crippen LogP contribution >= 0.6 is 11.3 Å². The van der Waals surface area contributed by atoms with Gasteiger partial charge < -0.3 is 10.1 Å². The first-order valence-corrected chi connectivity index (χ1v) is 10.0. The summed E-state index contributed by atoms with van der Waals surface area (Å²) in [7, 11) is 1.35. The van der Waals surface area contributed by atoms with Gasteiger partial charge in [-0.3, -0.25) is 4.79 Å². The summed E-state index contributed by atoms with van der Waals surface area (Å²) in [6, 6.07) is 9.24. The third-order valence-corrected chi connectivity index (χ3v) is 5.17. The first-order chi connectivity index (χ1) is 15.3. The summed E-state index contributed by atoms with van der Waals surface area (Å²) in [6.45, 7) is 1.89. The summed E-state index contributed by atoms with van der Waals surface area (Å²) in [6.07, 6.45) is -4.02. The third kappa shape index (κ3) is 4.30. The van der Waals surface area contributed by atoms with Gasteiger partial charge in [0.05, 0.1) is 29.6 Å². The molecule has 8 nitrogen and oxygen atoms in total. The Balaban J connectivity index is 1.61. The predicted octanol–water partition coefficient (Wildman–Crippen LogP) is 4.37. The monoisotopic (exact) mass is 460 g/mol. The van der Waals surface area contributed by atoms with Crippen molar-refractivity contribution in [3.8, 4) is 23.0 Å². The van der Waals surface area contributed by atoms with E-state index in [-0.39, 0.29) is 11.7 Å². The van der Waals surface area contributed by atoms with Gasteiger partial charge in [0.2, 0.25) is 5.88 Å². The van der Waals surface area contributed by atoms with Crippen LogP contribution in [0.5, 0.6) is 5.88 Å². The molecule has 1 amide bonds. The number of hydrogen-bond donors (Lipinski definition) is 1. The van der Waals surface area contributed by atoms with Crippen LogP contribution in [0.25, 0.3) is 17.1 Å². The summed E-state index contributed by atoms with van der Waals surface area (Å²) in [5.41, 5.74) is 0.0370. The number of carbonyl (C=O) groups excluding carboxylic acids is 1. The lowest BCUT2D eigenvalue weighted by Gasteiger charge is -2.12. The lowest BCUT2D eigenvalue weighted by Crippen LogP contribution is -2.21. The minimum Gasteiger partial charge on any atom is -0.480 e. The van der Waals surface area contributed by atoms with E-state index in [1.54, 1.807) is 24.3 Å². The molecule has 1 aromatic carbocycles. The van der Waals surface area contributed by atoms with Crippen LogP contribution in [-0.4, -0.2) is 38.0 Å². The van der Waals surface area contributed by atoms with Crippen molar-refractivity contribution in [1.82, 2.24) is 25.0 Å². The number of rotatable bonds is 5. The van der Waals surface area contributed by atoms with Gasteiger partial charge in [0.25, 0.3) is 5.91 Å². The van der Waals surface area contributed by atoms with E-state index < -0.39 is 23.3 Å². The number of benzene rings is 1. The number of aryl methyl sites for hydroxylation is 1. The number of nitrogens with zero attached hydrogens (tertiary/aromatic N) is 5. The van der Waals surface area contributed by atoms with E-state index in [1.165, 1.54) is 30.6 Å². The summed E-state index contributed by atoms with van der Waals surface area (Å²) >= 11 is 1.50. The number of nitrogens with one attached hydrogen (secondary N) is 1. The molecule has 3 aromatic heterocycles. The van der Waals surface area contributed by atoms with Crippen molar-refractivity contribution in [3.05, 3.63) is 64.2 Å². The minimum atomic E-state index is -4.86. The van der Waals surface area contributed by atoms with Crippen molar-refractivity contribution in [1.29, 1.82) is 0 Å². The highest BCUT2D eigenvalue weighted by molar-refractivity contribution is 7.09. The topological polar surface area (TPSA) is 94.8 Å². The van der Waals surface area contributed by atoms with E-state index in [1.807, 2.05) is 12.3 Å². The number of hydrogen-bond acceptors (Lipinski definition) is 7. The fourth-order valence-electron chi connectivity index (χ4n) is 2.91. The predicted molar refractivity (Wildman–Crippen MR) is 111 cm³/mol. The molecule has 12 heteroatoms. The maximum Gasteiger partial charge on any atom is 0.434 e. The molecule has 0 radical (unpaired) electrons. The van der Waals surface area contributed by atoms with E-state index in [4.69, 9.17) is 4.74 Å². The van der Waals surface area contributed by atoms with Crippen molar-refractivity contribution in [3.63, 3.8) is 0 Å². The molecule has 4 rings (SSSR count). The van der Waals surface area contributed by atoms with Crippen molar-refractivity contribution in [2.24, 2.45) is 0 Å². The fourth-order valence-corrected chi connectivity index (χ4v) is 3.54. The van der Waals surface area contributed by atoms with Gasteiger partial charge in [-0.1, -0.05) is 12.1 Å². The quantitative estimate of drug-likeness (QED) is 0.475. The van der Waals surface area contributed by atoms with Gasteiger partial charge in [0.15, 0.2) is 11.5 Å². The average molecular weight is 460 g/mol. The number of amides is 1. The van der Waals surface area contributed by atoms with Crippen LogP contribution in [0.2, 0.25) is 0 Å². The van der Waals surface area contributed by atoms with Gasteiger partial charge in [0, 0.05) is 22.7 Å². The molecule has 0 spiro atoms. The Morgan fingerprint density at radius 2 is 1.88 bits per heavy atom. The molecule has 0 aliphatic carbocycles. The molecule has 4 aromatic rings. The Morgan fingerprint density at radius 3 is 2.44 bits per heavy atom. The lowest BCUT2D eigenvalue weighted by molar-refractivity contribution is -0.143. The highest BCUT2D eigenvalue weighted by Gasteiger charge is 2.41. The van der Waals surface area contributed by atoms with Crippen molar-refractivity contribution >= 4 is 22.9 Å². The summed E-state index contributed by atoms with van der Waals surface area (Å²) < 4.78 is 46.8. The Morgan fingerprint density at radius 1 is 1.12 bits per heavy atom. The van der Waals surface area contributed by atoms with Gasteiger partial charge in [-0.25, -0.2) is 9.67 Å². The fraction of sp³-hybridized carbons (Fsp3) is 0.150. The van der Waals surface area contributed by atoms with Gasteiger partial charge in [-0.05, 0) is 25.1 Å². The van der Waals surface area contributed by atoms with Gasteiger partial charge in [0.1, 0.15) is 0 Å².